The molecule has 0 aliphatic carbocycles. The van der Waals surface area contributed by atoms with Gasteiger partial charge in [0.15, 0.2) is 0 Å². The number of hydrogen-bond acceptors (Lipinski definition) is 3. The monoisotopic (exact) mass is 160 g/mol. The van der Waals surface area contributed by atoms with Crippen molar-refractivity contribution >= 4 is 0 Å². The smallest absolute Gasteiger partial charge is 0.102 e. The number of rotatable bonds is 0. The van der Waals surface area contributed by atoms with Gasteiger partial charge in [-0.2, -0.15) is 10.5 Å². The molecule has 12 heavy (non-hydrogen) atoms. The molecule has 2 heterocycles. The highest BCUT2D eigenvalue weighted by Gasteiger charge is 2.54. The van der Waals surface area contributed by atoms with Crippen molar-refractivity contribution in [3.63, 3.8) is 0 Å². The van der Waals surface area contributed by atoms with E-state index in [9.17, 15) is 0 Å². The van der Waals surface area contributed by atoms with Crippen LogP contribution in [-0.4, -0.2) is 11.7 Å². The van der Waals surface area contributed by atoms with E-state index >= 15 is 0 Å². The molecule has 2 rings (SSSR count). The van der Waals surface area contributed by atoms with Crippen molar-refractivity contribution in [3.8, 4) is 12.1 Å². The molecular formula is C9H8N2O. The molecule has 3 nitrogen and oxygen atoms in total. The summed E-state index contributed by atoms with van der Waals surface area (Å²) >= 11 is 0. The molecule has 4 atom stereocenters. The minimum atomic E-state index is -0.514. The summed E-state index contributed by atoms with van der Waals surface area (Å²) in [6.45, 7) is 1.86. The third-order valence-electron chi connectivity index (χ3n) is 2.63. The van der Waals surface area contributed by atoms with Crippen molar-refractivity contribution in [2.24, 2.45) is 11.8 Å². The Kier molecular flexibility index (Phi) is 1.28. The summed E-state index contributed by atoms with van der Waals surface area (Å²) in [7, 11) is 0. The second-order valence-corrected chi connectivity index (χ2v) is 3.39. The molecule has 60 valence electrons. The lowest BCUT2D eigenvalue weighted by molar-refractivity contribution is 0.0350. The maximum absolute atomic E-state index is 8.84. The van der Waals surface area contributed by atoms with Crippen molar-refractivity contribution in [2.45, 2.75) is 18.6 Å². The fourth-order valence-corrected chi connectivity index (χ4v) is 1.93. The summed E-state index contributed by atoms with van der Waals surface area (Å²) < 4.78 is 5.51. The van der Waals surface area contributed by atoms with E-state index in [2.05, 4.69) is 12.1 Å². The molecule has 1 saturated heterocycles. The third kappa shape index (κ3) is 0.668. The van der Waals surface area contributed by atoms with E-state index < -0.39 is 5.60 Å². The lowest BCUT2D eigenvalue weighted by atomic mass is 9.78. The third-order valence-corrected chi connectivity index (χ3v) is 2.63. The van der Waals surface area contributed by atoms with Gasteiger partial charge in [0.25, 0.3) is 0 Å². The highest BCUT2D eigenvalue weighted by molar-refractivity contribution is 5.29. The van der Waals surface area contributed by atoms with Crippen LogP contribution in [0.4, 0.5) is 0 Å². The SMILES string of the molecule is C[C@@]12C=C[C@@H](O1)[C@H](C#N)[C@H]2C#N. The normalized spacial score (nSPS) is 48.8. The van der Waals surface area contributed by atoms with Crippen LogP contribution in [0.3, 0.4) is 0 Å². The number of nitriles is 2. The summed E-state index contributed by atoms with van der Waals surface area (Å²) in [6, 6.07) is 4.26. The molecule has 0 amide bonds. The second kappa shape index (κ2) is 2.09. The van der Waals surface area contributed by atoms with Gasteiger partial charge >= 0.3 is 0 Å². The van der Waals surface area contributed by atoms with E-state index in [0.717, 1.165) is 0 Å². The molecule has 0 aromatic heterocycles. The average molecular weight is 160 g/mol. The van der Waals surface area contributed by atoms with Gasteiger partial charge in [-0.3, -0.25) is 0 Å². The van der Waals surface area contributed by atoms with Gasteiger partial charge in [0.05, 0.1) is 30.1 Å². The minimum absolute atomic E-state index is 0.162. The molecule has 2 aliphatic rings. The van der Waals surface area contributed by atoms with Gasteiger partial charge in [-0.05, 0) is 6.92 Å². The minimum Gasteiger partial charge on any atom is -0.361 e. The molecule has 0 aromatic rings. The molecule has 2 aliphatic heterocycles. The standard InChI is InChI=1S/C9H8N2O/c1-9-3-2-8(12-9)6(4-10)7(9)5-11/h2-3,6-8H,1H3/t6-,7-,8-,9+/m1/s1. The van der Waals surface area contributed by atoms with Crippen LogP contribution in [0, 0.1) is 34.5 Å². The molecule has 1 fully saturated rings. The van der Waals surface area contributed by atoms with E-state index in [1.54, 1.807) is 0 Å². The van der Waals surface area contributed by atoms with E-state index in [4.69, 9.17) is 15.3 Å². The quantitative estimate of drug-likeness (QED) is 0.496. The summed E-state index contributed by atoms with van der Waals surface area (Å²) in [6.07, 6.45) is 3.60. The Bertz CT molecular complexity index is 322. The van der Waals surface area contributed by atoms with Crippen LogP contribution in [0.2, 0.25) is 0 Å². The highest BCUT2D eigenvalue weighted by Crippen LogP contribution is 2.45. The topological polar surface area (TPSA) is 56.8 Å². The predicted molar refractivity (Wildman–Crippen MR) is 40.6 cm³/mol. The van der Waals surface area contributed by atoms with Crippen molar-refractivity contribution in [1.82, 2.24) is 0 Å². The van der Waals surface area contributed by atoms with E-state index in [1.165, 1.54) is 0 Å². The first kappa shape index (κ1) is 7.34. The van der Waals surface area contributed by atoms with Crippen LogP contribution < -0.4 is 0 Å². The second-order valence-electron chi connectivity index (χ2n) is 3.39. The van der Waals surface area contributed by atoms with Crippen molar-refractivity contribution in [3.05, 3.63) is 12.2 Å². The summed E-state index contributed by atoms with van der Waals surface area (Å²) in [4.78, 5) is 0. The lowest BCUT2D eigenvalue weighted by Gasteiger charge is -2.21. The van der Waals surface area contributed by atoms with Gasteiger partial charge < -0.3 is 4.74 Å². The van der Waals surface area contributed by atoms with Crippen LogP contribution in [-0.2, 0) is 4.74 Å². The molecule has 3 heteroatoms. The molecule has 0 aromatic carbocycles. The largest absolute Gasteiger partial charge is 0.361 e. The van der Waals surface area contributed by atoms with Crippen molar-refractivity contribution < 1.29 is 4.74 Å². The van der Waals surface area contributed by atoms with Crippen LogP contribution in [0.1, 0.15) is 6.92 Å². The van der Waals surface area contributed by atoms with Crippen molar-refractivity contribution in [2.75, 3.05) is 0 Å². The van der Waals surface area contributed by atoms with Crippen LogP contribution in [0.5, 0.6) is 0 Å². The number of ether oxygens (including phenoxy) is 1. The van der Waals surface area contributed by atoms with Gasteiger partial charge in [0.1, 0.15) is 5.60 Å². The zero-order chi connectivity index (χ0) is 8.77. The molecular weight excluding hydrogens is 152 g/mol. The Morgan fingerprint density at radius 1 is 1.42 bits per heavy atom. The molecule has 2 bridgehead atoms. The van der Waals surface area contributed by atoms with Gasteiger partial charge in [-0.25, -0.2) is 0 Å². The Balaban J connectivity index is 2.41. The molecule has 0 radical (unpaired) electrons. The first-order valence-corrected chi connectivity index (χ1v) is 3.88. The van der Waals surface area contributed by atoms with Crippen LogP contribution >= 0.6 is 0 Å². The fourth-order valence-electron chi connectivity index (χ4n) is 1.93. The average Bonchev–Trinajstić information content (AvgIpc) is 2.55. The van der Waals surface area contributed by atoms with Gasteiger partial charge in [-0.1, -0.05) is 12.2 Å². The first-order chi connectivity index (χ1) is 5.71. The van der Waals surface area contributed by atoms with E-state index in [1.807, 2.05) is 19.1 Å². The predicted octanol–water partition coefficient (Wildman–Crippen LogP) is 0.993. The zero-order valence-electron chi connectivity index (χ0n) is 6.69. The van der Waals surface area contributed by atoms with E-state index in [-0.39, 0.29) is 17.9 Å². The Labute approximate surface area is 70.9 Å². The number of hydrogen-bond donors (Lipinski definition) is 0. The number of nitrogens with zero attached hydrogens (tertiary/aromatic N) is 2. The Morgan fingerprint density at radius 2 is 2.17 bits per heavy atom. The van der Waals surface area contributed by atoms with Crippen molar-refractivity contribution in [1.29, 1.82) is 10.5 Å². The molecule has 0 unspecified atom stereocenters. The Hall–Kier alpha value is -1.32. The lowest BCUT2D eigenvalue weighted by Crippen LogP contribution is -2.30. The van der Waals surface area contributed by atoms with Gasteiger partial charge in [0, 0.05) is 0 Å². The maximum atomic E-state index is 8.84. The summed E-state index contributed by atoms with van der Waals surface area (Å²) in [5, 5.41) is 17.6. The first-order valence-electron chi connectivity index (χ1n) is 3.88. The van der Waals surface area contributed by atoms with E-state index in [0.29, 0.717) is 0 Å². The molecule has 0 spiro atoms. The van der Waals surface area contributed by atoms with Crippen LogP contribution in [0.15, 0.2) is 12.2 Å². The summed E-state index contributed by atoms with van der Waals surface area (Å²) in [5.41, 5.74) is -0.514. The number of fused-ring (bicyclic) bond motifs is 2. The fraction of sp³-hybridized carbons (Fsp3) is 0.556. The molecule has 0 saturated carbocycles. The summed E-state index contributed by atoms with van der Waals surface area (Å²) in [5.74, 6) is -0.595. The van der Waals surface area contributed by atoms with Crippen LogP contribution in [0.25, 0.3) is 0 Å². The molecule has 0 N–H and O–H groups in total. The maximum Gasteiger partial charge on any atom is 0.102 e. The van der Waals surface area contributed by atoms with Gasteiger partial charge in [-0.15, -0.1) is 0 Å². The van der Waals surface area contributed by atoms with Gasteiger partial charge in [0.2, 0.25) is 0 Å². The highest BCUT2D eigenvalue weighted by atomic mass is 16.5. The Morgan fingerprint density at radius 3 is 2.67 bits per heavy atom. The zero-order valence-corrected chi connectivity index (χ0v) is 6.69.